The first-order valence-electron chi connectivity index (χ1n) is 3.29. The Kier molecular flexibility index (Phi) is 2.49. The van der Waals surface area contributed by atoms with E-state index >= 15 is 0 Å². The van der Waals surface area contributed by atoms with E-state index in [1.807, 2.05) is 0 Å². The number of furan rings is 1. The van der Waals surface area contributed by atoms with Gasteiger partial charge < -0.3 is 14.3 Å². The number of ether oxygens (including phenoxy) is 1. The first-order valence-corrected chi connectivity index (χ1v) is 3.29. The lowest BCUT2D eigenvalue weighted by Gasteiger charge is -1.97. The Hall–Kier alpha value is -2.04. The number of hydrogen-bond acceptors (Lipinski definition) is 5. The predicted octanol–water partition coefficient (Wildman–Crippen LogP) is 1.03. The quantitative estimate of drug-likeness (QED) is 0.320. The lowest BCUT2D eigenvalue weighted by atomic mass is 10.4. The fraction of sp³-hybridized carbons (Fsp3) is 0. The zero-order valence-corrected chi connectivity index (χ0v) is 6.52. The van der Waals surface area contributed by atoms with Gasteiger partial charge in [-0.15, -0.1) is 0 Å². The molecule has 13 heavy (non-hydrogen) atoms. The highest BCUT2D eigenvalue weighted by molar-refractivity contribution is 5.99. The molecule has 1 aromatic heterocycles. The van der Waals surface area contributed by atoms with Crippen LogP contribution in [0, 0.1) is 0 Å². The smallest absolute Gasteiger partial charge is 0.382 e. The molecule has 1 heterocycles. The van der Waals surface area contributed by atoms with E-state index in [-0.39, 0.29) is 5.76 Å². The summed E-state index contributed by atoms with van der Waals surface area (Å²) in [6.07, 6.45) is 1.26. The van der Waals surface area contributed by atoms with Gasteiger partial charge in [0.2, 0.25) is 5.76 Å². The summed E-state index contributed by atoms with van der Waals surface area (Å²) < 4.78 is 8.77. The average molecular weight is 182 g/mol. The van der Waals surface area contributed by atoms with Crippen molar-refractivity contribution in [3.8, 4) is 0 Å². The van der Waals surface area contributed by atoms with Crippen LogP contribution in [0.1, 0.15) is 10.6 Å². The summed E-state index contributed by atoms with van der Waals surface area (Å²) in [4.78, 5) is 21.5. The lowest BCUT2D eigenvalue weighted by molar-refractivity contribution is -0.136. The number of rotatable bonds is 2. The Morgan fingerprint density at radius 1 is 1.54 bits per heavy atom. The van der Waals surface area contributed by atoms with Crippen LogP contribution in [0.15, 0.2) is 35.2 Å². The summed E-state index contributed by atoms with van der Waals surface area (Å²) in [6, 6.07) is 2.80. The van der Waals surface area contributed by atoms with Gasteiger partial charge in [0.25, 0.3) is 0 Å². The number of aliphatic hydroxyl groups excluding tert-OH is 1. The van der Waals surface area contributed by atoms with Crippen molar-refractivity contribution in [2.24, 2.45) is 0 Å². The molecule has 0 aromatic carbocycles. The first kappa shape index (κ1) is 9.05. The van der Waals surface area contributed by atoms with Crippen molar-refractivity contribution in [1.29, 1.82) is 0 Å². The molecule has 0 fully saturated rings. The molecule has 5 heteroatoms. The molecule has 0 bridgehead atoms. The van der Waals surface area contributed by atoms with Crippen LogP contribution in [0.5, 0.6) is 0 Å². The van der Waals surface area contributed by atoms with Gasteiger partial charge in [0, 0.05) is 0 Å². The molecule has 0 aliphatic carbocycles. The number of carbonyl (C=O) groups excluding carboxylic acids is 2. The standard InChI is InChI=1S/C8H6O5/c1-5(9)7(10)13-8(11)6-3-2-4-12-6/h2-4,9H,1H2. The minimum absolute atomic E-state index is 0.116. The van der Waals surface area contributed by atoms with Gasteiger partial charge in [-0.2, -0.15) is 0 Å². The van der Waals surface area contributed by atoms with Gasteiger partial charge in [0.15, 0.2) is 5.76 Å². The molecular weight excluding hydrogens is 176 g/mol. The van der Waals surface area contributed by atoms with E-state index in [9.17, 15) is 9.59 Å². The maximum Gasteiger partial charge on any atom is 0.382 e. The van der Waals surface area contributed by atoms with Gasteiger partial charge in [-0.1, -0.05) is 0 Å². The Labute approximate surface area is 73.2 Å². The third kappa shape index (κ3) is 2.19. The average Bonchev–Trinajstić information content (AvgIpc) is 2.55. The van der Waals surface area contributed by atoms with Crippen molar-refractivity contribution in [3.05, 3.63) is 36.5 Å². The predicted molar refractivity (Wildman–Crippen MR) is 40.9 cm³/mol. The van der Waals surface area contributed by atoms with Gasteiger partial charge >= 0.3 is 11.9 Å². The highest BCUT2D eigenvalue weighted by atomic mass is 16.6. The fourth-order valence-electron chi connectivity index (χ4n) is 0.588. The highest BCUT2D eigenvalue weighted by Crippen LogP contribution is 2.03. The molecule has 0 atom stereocenters. The molecule has 0 saturated carbocycles. The molecule has 1 N–H and O–H groups in total. The normalized spacial score (nSPS) is 9.23. The SMILES string of the molecule is C=C(O)C(=O)OC(=O)c1ccco1. The van der Waals surface area contributed by atoms with Crippen LogP contribution in [0.2, 0.25) is 0 Å². The molecule has 1 rings (SSSR count). The van der Waals surface area contributed by atoms with Crippen molar-refractivity contribution in [2.75, 3.05) is 0 Å². The zero-order chi connectivity index (χ0) is 9.84. The topological polar surface area (TPSA) is 76.7 Å². The number of aliphatic hydroxyl groups is 1. The second-order valence-corrected chi connectivity index (χ2v) is 2.10. The molecule has 0 unspecified atom stereocenters. The van der Waals surface area contributed by atoms with E-state index in [0.29, 0.717) is 0 Å². The Balaban J connectivity index is 2.62. The fourth-order valence-corrected chi connectivity index (χ4v) is 0.588. The van der Waals surface area contributed by atoms with Crippen molar-refractivity contribution in [2.45, 2.75) is 0 Å². The first-order chi connectivity index (χ1) is 6.11. The van der Waals surface area contributed by atoms with Crippen LogP contribution < -0.4 is 0 Å². The Morgan fingerprint density at radius 3 is 2.69 bits per heavy atom. The minimum Gasteiger partial charge on any atom is -0.502 e. The third-order valence-electron chi connectivity index (χ3n) is 1.14. The van der Waals surface area contributed by atoms with Crippen LogP contribution in [-0.4, -0.2) is 17.0 Å². The number of esters is 2. The van der Waals surface area contributed by atoms with Crippen molar-refractivity contribution in [1.82, 2.24) is 0 Å². The lowest BCUT2D eigenvalue weighted by Crippen LogP contribution is -2.13. The van der Waals surface area contributed by atoms with Gasteiger partial charge in [-0.25, -0.2) is 9.59 Å². The maximum atomic E-state index is 10.9. The molecule has 0 spiro atoms. The van der Waals surface area contributed by atoms with Crippen molar-refractivity contribution in [3.63, 3.8) is 0 Å². The van der Waals surface area contributed by atoms with Crippen molar-refractivity contribution >= 4 is 11.9 Å². The largest absolute Gasteiger partial charge is 0.502 e. The minimum atomic E-state index is -1.19. The summed E-state index contributed by atoms with van der Waals surface area (Å²) in [5.74, 6) is -3.11. The van der Waals surface area contributed by atoms with E-state index in [1.54, 1.807) is 0 Å². The van der Waals surface area contributed by atoms with E-state index in [0.717, 1.165) is 0 Å². The molecule has 1 aromatic rings. The van der Waals surface area contributed by atoms with E-state index in [1.165, 1.54) is 18.4 Å². The molecule has 0 aliphatic rings. The van der Waals surface area contributed by atoms with Gasteiger partial charge in [-0.3, -0.25) is 0 Å². The van der Waals surface area contributed by atoms with Crippen LogP contribution >= 0.6 is 0 Å². The maximum absolute atomic E-state index is 10.9. The molecule has 5 nitrogen and oxygen atoms in total. The third-order valence-corrected chi connectivity index (χ3v) is 1.14. The van der Waals surface area contributed by atoms with E-state index in [2.05, 4.69) is 15.7 Å². The summed E-state index contributed by atoms with van der Waals surface area (Å²) in [7, 11) is 0. The molecule has 0 radical (unpaired) electrons. The molecule has 0 amide bonds. The van der Waals surface area contributed by atoms with Crippen LogP contribution in [0.25, 0.3) is 0 Å². The molecule has 0 saturated heterocycles. The van der Waals surface area contributed by atoms with E-state index in [4.69, 9.17) is 5.11 Å². The summed E-state index contributed by atoms with van der Waals surface area (Å²) in [5, 5.41) is 8.52. The van der Waals surface area contributed by atoms with Crippen molar-refractivity contribution < 1.29 is 23.8 Å². The van der Waals surface area contributed by atoms with E-state index < -0.39 is 17.7 Å². The van der Waals surface area contributed by atoms with Gasteiger partial charge in [0.05, 0.1) is 6.26 Å². The monoisotopic (exact) mass is 182 g/mol. The molecule has 0 aliphatic heterocycles. The van der Waals surface area contributed by atoms with Crippen LogP contribution in [0.3, 0.4) is 0 Å². The second kappa shape index (κ2) is 3.57. The summed E-state index contributed by atoms with van der Waals surface area (Å²) in [6.45, 7) is 2.89. The second-order valence-electron chi connectivity index (χ2n) is 2.10. The van der Waals surface area contributed by atoms with Crippen LogP contribution in [-0.2, 0) is 9.53 Å². The Bertz CT molecular complexity index is 335. The van der Waals surface area contributed by atoms with Gasteiger partial charge in [0.1, 0.15) is 0 Å². The Morgan fingerprint density at radius 2 is 2.23 bits per heavy atom. The molecule has 68 valence electrons. The summed E-state index contributed by atoms with van der Waals surface area (Å²) in [5.41, 5.74) is 0. The molecular formula is C8H6O5. The van der Waals surface area contributed by atoms with Crippen LogP contribution in [0.4, 0.5) is 0 Å². The number of hydrogen-bond donors (Lipinski definition) is 1. The summed E-state index contributed by atoms with van der Waals surface area (Å²) >= 11 is 0. The number of carbonyl (C=O) groups is 2. The van der Waals surface area contributed by atoms with Gasteiger partial charge in [-0.05, 0) is 18.7 Å². The highest BCUT2D eigenvalue weighted by Gasteiger charge is 2.16. The zero-order valence-electron chi connectivity index (χ0n) is 6.52.